The van der Waals surface area contributed by atoms with Gasteiger partial charge >= 0.3 is 0 Å². The van der Waals surface area contributed by atoms with E-state index in [4.69, 9.17) is 0 Å². The van der Waals surface area contributed by atoms with Crippen molar-refractivity contribution in [3.05, 3.63) is 30.0 Å². The highest BCUT2D eigenvalue weighted by molar-refractivity contribution is 7.91. The zero-order valence-electron chi connectivity index (χ0n) is 15.6. The van der Waals surface area contributed by atoms with Crippen molar-refractivity contribution in [2.75, 3.05) is 44.7 Å². The summed E-state index contributed by atoms with van der Waals surface area (Å²) in [7, 11) is -1.39. The lowest BCUT2D eigenvalue weighted by molar-refractivity contribution is 0.312. The lowest BCUT2D eigenvalue weighted by Gasteiger charge is -2.33. The Bertz CT molecular complexity index is 944. The van der Waals surface area contributed by atoms with Crippen LogP contribution in [0.2, 0.25) is 0 Å². The lowest BCUT2D eigenvalue weighted by atomic mass is 10.0. The molecule has 2 aromatic rings. The molecule has 0 aromatic carbocycles. The van der Waals surface area contributed by atoms with E-state index in [-0.39, 0.29) is 0 Å². The molecule has 0 unspecified atom stereocenters. The van der Waals surface area contributed by atoms with E-state index >= 15 is 0 Å². The number of allylic oxidation sites excluding steroid dienone is 1. The van der Waals surface area contributed by atoms with E-state index in [1.54, 1.807) is 12.3 Å². The second-order valence-corrected chi connectivity index (χ2v) is 10.4. The molecule has 0 radical (unpaired) electrons. The molecule has 4 rings (SSSR count). The van der Waals surface area contributed by atoms with Crippen LogP contribution in [0.3, 0.4) is 0 Å². The fourth-order valence-electron chi connectivity index (χ4n) is 3.65. The van der Waals surface area contributed by atoms with Crippen molar-refractivity contribution in [1.82, 2.24) is 14.6 Å². The molecule has 6 nitrogen and oxygen atoms in total. The van der Waals surface area contributed by atoms with Crippen LogP contribution >= 0.6 is 11.3 Å². The zero-order valence-corrected chi connectivity index (χ0v) is 17.3. The average Bonchev–Trinajstić information content (AvgIpc) is 3.13. The van der Waals surface area contributed by atoms with Crippen LogP contribution in [0.15, 0.2) is 34.2 Å². The van der Waals surface area contributed by atoms with Gasteiger partial charge in [-0.05, 0) is 44.9 Å². The average molecular weight is 407 g/mol. The number of fused-ring (bicyclic) bond motifs is 1. The van der Waals surface area contributed by atoms with Gasteiger partial charge in [0.1, 0.15) is 10.0 Å². The van der Waals surface area contributed by atoms with Crippen molar-refractivity contribution in [2.45, 2.75) is 29.9 Å². The molecule has 1 aliphatic heterocycles. The molecule has 0 spiro atoms. The summed E-state index contributed by atoms with van der Waals surface area (Å²) in [5.74, 6) is 0.897. The first-order chi connectivity index (χ1) is 13.0. The number of nitrogens with one attached hydrogen (secondary N) is 1. The van der Waals surface area contributed by atoms with Crippen molar-refractivity contribution >= 4 is 37.3 Å². The fraction of sp³-hybridized carbons (Fsp3) is 0.526. The molecule has 1 aliphatic carbocycles. The van der Waals surface area contributed by atoms with E-state index in [1.807, 2.05) is 6.07 Å². The number of piperazine rings is 1. The molecule has 8 heteroatoms. The van der Waals surface area contributed by atoms with Crippen molar-refractivity contribution in [3.63, 3.8) is 0 Å². The van der Waals surface area contributed by atoms with Gasteiger partial charge in [-0.15, -0.1) is 11.3 Å². The Hall–Kier alpha value is -1.48. The number of hydrogen-bond donors (Lipinski definition) is 1. The first kappa shape index (κ1) is 18.9. The zero-order chi connectivity index (χ0) is 18.9. The van der Waals surface area contributed by atoms with Gasteiger partial charge in [0.05, 0.1) is 0 Å². The number of anilines is 1. The number of rotatable bonds is 5. The molecule has 2 aromatic heterocycles. The Kier molecular flexibility index (Phi) is 5.50. The van der Waals surface area contributed by atoms with Crippen molar-refractivity contribution in [3.8, 4) is 0 Å². The Morgan fingerprint density at radius 3 is 2.78 bits per heavy atom. The summed E-state index contributed by atoms with van der Waals surface area (Å²) < 4.78 is 29.7. The van der Waals surface area contributed by atoms with Crippen molar-refractivity contribution < 1.29 is 8.42 Å². The molecular formula is C19H26N4O2S2. The number of thiophene rings is 1. The Morgan fingerprint density at radius 2 is 2.04 bits per heavy atom. The normalized spacial score (nSPS) is 19.4. The lowest BCUT2D eigenvalue weighted by Crippen LogP contribution is -2.44. The second kappa shape index (κ2) is 7.87. The maximum absolute atomic E-state index is 12.8. The van der Waals surface area contributed by atoms with Crippen LogP contribution in [-0.2, 0) is 10.0 Å². The predicted octanol–water partition coefficient (Wildman–Crippen LogP) is 2.83. The van der Waals surface area contributed by atoms with Gasteiger partial charge in [0.15, 0.2) is 0 Å². The summed E-state index contributed by atoms with van der Waals surface area (Å²) in [6, 6.07) is 3.69. The molecular weight excluding hydrogens is 380 g/mol. The van der Waals surface area contributed by atoms with E-state index in [9.17, 15) is 8.42 Å². The monoisotopic (exact) mass is 406 g/mol. The molecule has 1 N–H and O–H groups in total. The van der Waals surface area contributed by atoms with Gasteiger partial charge < -0.3 is 9.80 Å². The van der Waals surface area contributed by atoms with Crippen LogP contribution in [0, 0.1) is 0 Å². The highest BCUT2D eigenvalue weighted by Crippen LogP contribution is 2.34. The van der Waals surface area contributed by atoms with Gasteiger partial charge in [-0.1, -0.05) is 11.6 Å². The molecule has 0 saturated carbocycles. The number of aromatic nitrogens is 1. The van der Waals surface area contributed by atoms with Crippen LogP contribution in [0.1, 0.15) is 25.7 Å². The minimum atomic E-state index is -3.50. The molecule has 27 heavy (non-hydrogen) atoms. The molecule has 1 fully saturated rings. The number of hydrogen-bond acceptors (Lipinski definition) is 6. The Labute approximate surface area is 164 Å². The maximum atomic E-state index is 12.8. The molecule has 0 bridgehead atoms. The summed E-state index contributed by atoms with van der Waals surface area (Å²) in [4.78, 5) is 9.11. The van der Waals surface area contributed by atoms with Gasteiger partial charge in [-0.2, -0.15) is 0 Å². The summed E-state index contributed by atoms with van der Waals surface area (Å²) >= 11 is 1.32. The summed E-state index contributed by atoms with van der Waals surface area (Å²) in [5.41, 5.74) is 1.20. The minimum Gasteiger partial charge on any atom is -0.354 e. The third-order valence-corrected chi connectivity index (χ3v) is 8.32. The van der Waals surface area contributed by atoms with Crippen LogP contribution in [0.5, 0.6) is 0 Å². The van der Waals surface area contributed by atoms with Gasteiger partial charge in [-0.25, -0.2) is 18.1 Å². The molecule has 0 atom stereocenters. The summed E-state index contributed by atoms with van der Waals surface area (Å²) in [5, 5.41) is 0.935. The molecule has 146 valence electrons. The number of pyridine rings is 1. The van der Waals surface area contributed by atoms with Crippen LogP contribution in [-0.4, -0.2) is 58.1 Å². The first-order valence-corrected chi connectivity index (χ1v) is 11.8. The molecule has 2 aliphatic rings. The van der Waals surface area contributed by atoms with E-state index < -0.39 is 10.0 Å². The number of likely N-dealkylation sites (N-methyl/N-ethyl adjacent to an activating group) is 1. The first-order valence-electron chi connectivity index (χ1n) is 9.52. The Morgan fingerprint density at radius 1 is 1.22 bits per heavy atom. The number of nitrogens with zero attached hydrogens (tertiary/aromatic N) is 3. The summed E-state index contributed by atoms with van der Waals surface area (Å²) in [6.45, 7) is 4.22. The quantitative estimate of drug-likeness (QED) is 0.774. The smallest absolute Gasteiger partial charge is 0.250 e. The van der Waals surface area contributed by atoms with E-state index in [0.717, 1.165) is 61.3 Å². The standard InChI is InChI=1S/C19H26N4O2S2/c1-22-9-11-23(12-10-22)19-16-13-18(26-17(16)7-8-20-19)27(24,25)21-14-15-5-3-2-4-6-15/h5,7-8,13,21H,2-4,6,9-12,14H2,1H3. The predicted molar refractivity (Wildman–Crippen MR) is 111 cm³/mol. The highest BCUT2D eigenvalue weighted by Gasteiger charge is 2.22. The van der Waals surface area contributed by atoms with E-state index in [1.165, 1.54) is 23.3 Å². The van der Waals surface area contributed by atoms with Crippen LogP contribution in [0.25, 0.3) is 10.1 Å². The van der Waals surface area contributed by atoms with Crippen LogP contribution in [0.4, 0.5) is 5.82 Å². The summed E-state index contributed by atoms with van der Waals surface area (Å²) in [6.07, 6.45) is 8.35. The Balaban J connectivity index is 1.57. The van der Waals surface area contributed by atoms with Gasteiger partial charge in [-0.3, -0.25) is 0 Å². The molecule has 3 heterocycles. The topological polar surface area (TPSA) is 65.5 Å². The van der Waals surface area contributed by atoms with Crippen LogP contribution < -0.4 is 9.62 Å². The van der Waals surface area contributed by atoms with Gasteiger partial charge in [0.2, 0.25) is 10.0 Å². The third-order valence-electron chi connectivity index (χ3n) is 5.34. The fourth-order valence-corrected chi connectivity index (χ4v) is 6.11. The SMILES string of the molecule is CN1CCN(c2nccc3sc(S(=O)(=O)NCC4=CCCCC4)cc23)CC1. The second-order valence-electron chi connectivity index (χ2n) is 7.33. The number of sulfonamides is 1. The largest absolute Gasteiger partial charge is 0.354 e. The highest BCUT2D eigenvalue weighted by atomic mass is 32.2. The van der Waals surface area contributed by atoms with Crippen molar-refractivity contribution in [2.24, 2.45) is 0 Å². The van der Waals surface area contributed by atoms with Gasteiger partial charge in [0, 0.05) is 49.0 Å². The molecule has 0 amide bonds. The van der Waals surface area contributed by atoms with E-state index in [2.05, 4.69) is 32.6 Å². The maximum Gasteiger partial charge on any atom is 0.250 e. The third kappa shape index (κ3) is 4.18. The molecule has 1 saturated heterocycles. The van der Waals surface area contributed by atoms with E-state index in [0.29, 0.717) is 10.8 Å². The van der Waals surface area contributed by atoms with Gasteiger partial charge in [0.25, 0.3) is 0 Å². The van der Waals surface area contributed by atoms with Crippen molar-refractivity contribution in [1.29, 1.82) is 0 Å². The minimum absolute atomic E-state index is 0.372.